The zero-order chi connectivity index (χ0) is 37.9. The predicted octanol–water partition coefficient (Wildman–Crippen LogP) is 5.05. The maximum Gasteiger partial charge on any atom is 0.338 e. The van der Waals surface area contributed by atoms with Crippen LogP contribution in [0.5, 0.6) is 23.0 Å². The fraction of sp³-hybridized carbons (Fsp3) is 0.316. The lowest BCUT2D eigenvalue weighted by atomic mass is 9.85. The number of ether oxygens (including phenoxy) is 8. The number of hydrogen-bond donors (Lipinski definition) is 0. The second-order valence-electron chi connectivity index (χ2n) is 11.1. The van der Waals surface area contributed by atoms with Crippen molar-refractivity contribution in [3.8, 4) is 23.0 Å². The molecule has 3 rings (SSSR count). The Hall–Kier alpha value is -6.18. The van der Waals surface area contributed by atoms with Gasteiger partial charge in [-0.1, -0.05) is 26.3 Å². The molecule has 2 aromatic carbocycles. The monoisotopic (exact) mass is 720 g/mol. The third kappa shape index (κ3) is 13.3. The van der Waals surface area contributed by atoms with Gasteiger partial charge in [-0.15, -0.1) is 0 Å². The number of benzene rings is 2. The largest absolute Gasteiger partial charge is 0.482 e. The fourth-order valence-electron chi connectivity index (χ4n) is 4.73. The van der Waals surface area contributed by atoms with Crippen molar-refractivity contribution in [3.05, 3.63) is 98.1 Å². The summed E-state index contributed by atoms with van der Waals surface area (Å²) in [5.41, 5.74) is 0.321. The Kier molecular flexibility index (Phi) is 16.4. The summed E-state index contributed by atoms with van der Waals surface area (Å²) in [6.07, 6.45) is 7.09. The Bertz CT molecular complexity index is 1650. The summed E-state index contributed by atoms with van der Waals surface area (Å²) >= 11 is 0. The van der Waals surface area contributed by atoms with Crippen molar-refractivity contribution in [1.82, 2.24) is 0 Å². The first-order valence-electron chi connectivity index (χ1n) is 16.1. The van der Waals surface area contributed by atoms with Crippen LogP contribution in [0.25, 0.3) is 0 Å². The summed E-state index contributed by atoms with van der Waals surface area (Å²) in [7, 11) is 0. The van der Waals surface area contributed by atoms with Gasteiger partial charge in [0.25, 0.3) is 0 Å². The summed E-state index contributed by atoms with van der Waals surface area (Å²) in [5.74, 6) is -2.75. The Morgan fingerprint density at radius 1 is 0.577 bits per heavy atom. The van der Waals surface area contributed by atoms with Crippen molar-refractivity contribution in [2.75, 3.05) is 33.4 Å². The molecule has 276 valence electrons. The smallest absolute Gasteiger partial charge is 0.338 e. The number of carbonyl (C=O) groups is 6. The first-order chi connectivity index (χ1) is 25.1. The predicted molar refractivity (Wildman–Crippen MR) is 184 cm³/mol. The quantitative estimate of drug-likeness (QED) is 0.0684. The second-order valence-corrected chi connectivity index (χ2v) is 11.1. The van der Waals surface area contributed by atoms with E-state index in [9.17, 15) is 28.8 Å². The van der Waals surface area contributed by atoms with Crippen LogP contribution in [0.1, 0.15) is 52.8 Å². The highest BCUT2D eigenvalue weighted by atomic mass is 16.7. The zero-order valence-electron chi connectivity index (χ0n) is 28.5. The van der Waals surface area contributed by atoms with Crippen molar-refractivity contribution < 1.29 is 66.7 Å². The van der Waals surface area contributed by atoms with Gasteiger partial charge in [-0.3, -0.25) is 9.59 Å². The SMILES string of the molecule is C=CC(=O)COc1ccc(C(=O)OC2CCC(CCOC(=O)c3ccc(OCOC(=O)C=C)c(OCOC(=O)C=C)c3)CC2)cc1OCC(=O)C=C. The Morgan fingerprint density at radius 3 is 1.60 bits per heavy atom. The van der Waals surface area contributed by atoms with Gasteiger partial charge in [-0.2, -0.15) is 0 Å². The molecule has 0 aliphatic heterocycles. The lowest BCUT2D eigenvalue weighted by molar-refractivity contribution is -0.146. The van der Waals surface area contributed by atoms with E-state index in [-0.39, 0.29) is 77.5 Å². The van der Waals surface area contributed by atoms with Gasteiger partial charge < -0.3 is 37.9 Å². The van der Waals surface area contributed by atoms with E-state index in [1.807, 2.05) is 0 Å². The average Bonchev–Trinajstić information content (AvgIpc) is 3.16. The molecule has 0 radical (unpaired) electrons. The van der Waals surface area contributed by atoms with Crippen LogP contribution < -0.4 is 18.9 Å². The maximum absolute atomic E-state index is 13.0. The minimum atomic E-state index is -0.722. The van der Waals surface area contributed by atoms with Gasteiger partial charge in [0.05, 0.1) is 17.7 Å². The molecule has 0 bridgehead atoms. The van der Waals surface area contributed by atoms with Gasteiger partial charge in [0, 0.05) is 12.2 Å². The molecule has 0 saturated heterocycles. The van der Waals surface area contributed by atoms with Gasteiger partial charge in [0.15, 0.2) is 47.8 Å². The van der Waals surface area contributed by atoms with Gasteiger partial charge in [-0.05, 0) is 86.6 Å². The van der Waals surface area contributed by atoms with Gasteiger partial charge in [0.2, 0.25) is 13.6 Å². The van der Waals surface area contributed by atoms with Crippen LogP contribution in [0.2, 0.25) is 0 Å². The zero-order valence-corrected chi connectivity index (χ0v) is 28.5. The van der Waals surface area contributed by atoms with E-state index in [0.29, 0.717) is 19.3 Å². The lowest BCUT2D eigenvalue weighted by Gasteiger charge is -2.28. The number of hydrogen-bond acceptors (Lipinski definition) is 14. The molecule has 0 aromatic heterocycles. The number of ketones is 2. The molecule has 52 heavy (non-hydrogen) atoms. The van der Waals surface area contributed by atoms with E-state index in [4.69, 9.17) is 37.9 Å². The number of esters is 4. The van der Waals surface area contributed by atoms with Crippen LogP contribution in [-0.4, -0.2) is 75.0 Å². The Balaban J connectivity index is 1.50. The summed E-state index contributed by atoms with van der Waals surface area (Å²) in [6.45, 7) is 11.9. The molecule has 1 aliphatic rings. The molecule has 2 aromatic rings. The molecule has 1 fully saturated rings. The maximum atomic E-state index is 13.0. The van der Waals surface area contributed by atoms with Crippen LogP contribution >= 0.6 is 0 Å². The van der Waals surface area contributed by atoms with Crippen LogP contribution in [0, 0.1) is 5.92 Å². The Labute approximate surface area is 300 Å². The van der Waals surface area contributed by atoms with Gasteiger partial charge in [0.1, 0.15) is 6.10 Å². The average molecular weight is 721 g/mol. The molecule has 0 atom stereocenters. The first kappa shape index (κ1) is 40.3. The lowest BCUT2D eigenvalue weighted by Crippen LogP contribution is -2.25. The number of rotatable bonds is 22. The second kappa shape index (κ2) is 21.1. The molecule has 14 nitrogen and oxygen atoms in total. The molecule has 1 saturated carbocycles. The molecule has 1 aliphatic carbocycles. The third-order valence-electron chi connectivity index (χ3n) is 7.55. The van der Waals surface area contributed by atoms with Crippen molar-refractivity contribution in [3.63, 3.8) is 0 Å². The topological polar surface area (TPSA) is 176 Å². The van der Waals surface area contributed by atoms with Crippen molar-refractivity contribution in [2.24, 2.45) is 5.92 Å². The summed E-state index contributed by atoms with van der Waals surface area (Å²) < 4.78 is 42.7. The van der Waals surface area contributed by atoms with Crippen LogP contribution in [0.15, 0.2) is 87.0 Å². The molecule has 0 N–H and O–H groups in total. The highest BCUT2D eigenvalue weighted by molar-refractivity contribution is 5.92. The summed E-state index contributed by atoms with van der Waals surface area (Å²) in [5, 5.41) is 0. The highest BCUT2D eigenvalue weighted by Gasteiger charge is 2.25. The van der Waals surface area contributed by atoms with Gasteiger partial charge >= 0.3 is 23.9 Å². The van der Waals surface area contributed by atoms with Crippen LogP contribution in [0.4, 0.5) is 0 Å². The highest BCUT2D eigenvalue weighted by Crippen LogP contribution is 2.32. The van der Waals surface area contributed by atoms with E-state index in [2.05, 4.69) is 26.3 Å². The molecular weight excluding hydrogens is 680 g/mol. The van der Waals surface area contributed by atoms with E-state index >= 15 is 0 Å². The van der Waals surface area contributed by atoms with E-state index in [1.54, 1.807) is 0 Å². The standard InChI is InChI=1S/C38H40O14/c1-5-28(39)21-46-31-15-12-27(20-33(31)47-22-29(40)6-2)38(44)52-30-13-9-25(10-14-30)17-18-45-37(43)26-11-16-32(48-23-50-35(41)7-3)34(19-26)49-24-51-36(42)8-4/h5-8,11-12,15-16,19-20,25,30H,1-4,9-10,13-14,17-18,21-24H2. The van der Waals surface area contributed by atoms with Crippen molar-refractivity contribution in [1.29, 1.82) is 0 Å². The first-order valence-corrected chi connectivity index (χ1v) is 16.1. The Morgan fingerprint density at radius 2 is 1.06 bits per heavy atom. The molecule has 0 heterocycles. The molecule has 14 heteroatoms. The third-order valence-corrected chi connectivity index (χ3v) is 7.55. The van der Waals surface area contributed by atoms with Crippen LogP contribution in [0.3, 0.4) is 0 Å². The molecule has 0 spiro atoms. The molecular formula is C38H40O14. The van der Waals surface area contributed by atoms with Crippen molar-refractivity contribution in [2.45, 2.75) is 38.2 Å². The fourth-order valence-corrected chi connectivity index (χ4v) is 4.73. The van der Waals surface area contributed by atoms with E-state index in [0.717, 1.165) is 37.1 Å². The normalized spacial score (nSPS) is 14.7. The minimum absolute atomic E-state index is 0.0321. The minimum Gasteiger partial charge on any atom is -0.482 e. The number of carbonyl (C=O) groups excluding carboxylic acids is 6. The summed E-state index contributed by atoms with van der Waals surface area (Å²) in [6, 6.07) is 8.52. The molecule has 0 unspecified atom stereocenters. The summed E-state index contributed by atoms with van der Waals surface area (Å²) in [4.78, 5) is 71.8. The van der Waals surface area contributed by atoms with E-state index < -0.39 is 37.5 Å². The van der Waals surface area contributed by atoms with E-state index in [1.165, 1.54) is 36.4 Å². The van der Waals surface area contributed by atoms with Gasteiger partial charge in [-0.25, -0.2) is 19.2 Å². The van der Waals surface area contributed by atoms with Crippen molar-refractivity contribution >= 4 is 35.4 Å². The van der Waals surface area contributed by atoms with Crippen LogP contribution in [-0.2, 0) is 38.1 Å². The molecule has 0 amide bonds.